The number of carbonyl (C=O) groups is 1. The highest BCUT2D eigenvalue weighted by atomic mass is 16.5. The first-order valence-corrected chi connectivity index (χ1v) is 9.00. The third-order valence-electron chi connectivity index (χ3n) is 4.65. The van der Waals surface area contributed by atoms with E-state index in [1.807, 2.05) is 54.3 Å². The Morgan fingerprint density at radius 2 is 1.59 bits per heavy atom. The molecule has 2 aromatic carbocycles. The lowest BCUT2D eigenvalue weighted by Gasteiger charge is -2.26. The highest BCUT2D eigenvalue weighted by Gasteiger charge is 2.17. The fourth-order valence-electron chi connectivity index (χ4n) is 3.07. The van der Waals surface area contributed by atoms with Gasteiger partial charge < -0.3 is 19.1 Å². The van der Waals surface area contributed by atoms with Crippen LogP contribution in [0.15, 0.2) is 48.5 Å². The van der Waals surface area contributed by atoms with Gasteiger partial charge in [0.25, 0.3) is 0 Å². The number of rotatable bonds is 5. The summed E-state index contributed by atoms with van der Waals surface area (Å²) >= 11 is 0. The number of amides is 1. The third kappa shape index (κ3) is 4.49. The molecule has 0 bridgehead atoms. The molecule has 0 saturated carbocycles. The fourth-order valence-corrected chi connectivity index (χ4v) is 3.07. The lowest BCUT2D eigenvalue weighted by Crippen LogP contribution is -2.39. The summed E-state index contributed by atoms with van der Waals surface area (Å²) in [4.78, 5) is 14.7. The van der Waals surface area contributed by atoms with Crippen LogP contribution in [0.5, 0.6) is 11.5 Å². The van der Waals surface area contributed by atoms with Crippen molar-refractivity contribution in [1.82, 2.24) is 4.90 Å². The molecule has 5 heteroatoms. The highest BCUT2D eigenvalue weighted by molar-refractivity contribution is 5.99. The van der Waals surface area contributed by atoms with Gasteiger partial charge in [-0.3, -0.25) is 4.79 Å². The number of benzene rings is 2. The topological polar surface area (TPSA) is 48.0 Å². The van der Waals surface area contributed by atoms with Crippen molar-refractivity contribution in [3.8, 4) is 11.5 Å². The van der Waals surface area contributed by atoms with Crippen LogP contribution in [0.4, 0.5) is 0 Å². The van der Waals surface area contributed by atoms with Crippen molar-refractivity contribution >= 4 is 11.5 Å². The molecule has 1 amide bonds. The number of aryl methyl sites for hydroxylation is 1. The largest absolute Gasteiger partial charge is 0.493 e. The minimum atomic E-state index is -0.0105. The second-order valence-electron chi connectivity index (χ2n) is 6.43. The van der Waals surface area contributed by atoms with Gasteiger partial charge in [0.1, 0.15) is 0 Å². The van der Waals surface area contributed by atoms with E-state index >= 15 is 0 Å². The van der Waals surface area contributed by atoms with Crippen LogP contribution in [-0.2, 0) is 9.53 Å². The zero-order valence-electron chi connectivity index (χ0n) is 16.0. The van der Waals surface area contributed by atoms with E-state index in [0.717, 1.165) is 16.7 Å². The van der Waals surface area contributed by atoms with E-state index < -0.39 is 0 Å². The van der Waals surface area contributed by atoms with Gasteiger partial charge in [-0.05, 0) is 35.8 Å². The zero-order valence-corrected chi connectivity index (χ0v) is 16.0. The maximum atomic E-state index is 12.8. The summed E-state index contributed by atoms with van der Waals surface area (Å²) < 4.78 is 16.1. The molecule has 1 heterocycles. The molecular weight excluding hydrogens is 342 g/mol. The van der Waals surface area contributed by atoms with Crippen LogP contribution in [0.3, 0.4) is 0 Å². The van der Waals surface area contributed by atoms with Crippen molar-refractivity contribution in [3.05, 3.63) is 65.2 Å². The molecule has 1 saturated heterocycles. The zero-order chi connectivity index (χ0) is 19.2. The number of nitrogens with zero attached hydrogens (tertiary/aromatic N) is 1. The van der Waals surface area contributed by atoms with Crippen LogP contribution in [0.1, 0.15) is 16.7 Å². The second-order valence-corrected chi connectivity index (χ2v) is 6.43. The second kappa shape index (κ2) is 8.73. The molecule has 0 unspecified atom stereocenters. The van der Waals surface area contributed by atoms with Gasteiger partial charge in [-0.1, -0.05) is 35.9 Å². The van der Waals surface area contributed by atoms with E-state index in [2.05, 4.69) is 0 Å². The predicted octanol–water partition coefficient (Wildman–Crippen LogP) is 3.30. The van der Waals surface area contributed by atoms with Crippen LogP contribution in [-0.4, -0.2) is 51.3 Å². The van der Waals surface area contributed by atoms with Crippen LogP contribution in [0.2, 0.25) is 0 Å². The molecule has 142 valence electrons. The first-order valence-electron chi connectivity index (χ1n) is 9.00. The quantitative estimate of drug-likeness (QED) is 0.761. The summed E-state index contributed by atoms with van der Waals surface area (Å²) in [5.41, 5.74) is 3.91. The van der Waals surface area contributed by atoms with Gasteiger partial charge in [-0.25, -0.2) is 0 Å². The van der Waals surface area contributed by atoms with E-state index in [-0.39, 0.29) is 5.91 Å². The Morgan fingerprint density at radius 1 is 0.963 bits per heavy atom. The summed E-state index contributed by atoms with van der Waals surface area (Å²) in [6.45, 7) is 4.43. The number of ether oxygens (including phenoxy) is 3. The minimum Gasteiger partial charge on any atom is -0.493 e. The van der Waals surface area contributed by atoms with Crippen LogP contribution in [0.25, 0.3) is 5.57 Å². The van der Waals surface area contributed by atoms with Crippen molar-refractivity contribution in [2.75, 3.05) is 40.5 Å². The molecule has 0 spiro atoms. The molecule has 1 aliphatic heterocycles. The standard InChI is InChI=1S/C22H25NO4/c1-16-4-6-17(7-5-16)19(15-22(24)23-10-12-27-13-11-23)18-8-9-20(25-2)21(14-18)26-3/h4-9,14-15H,10-13H2,1-3H3. The van der Waals surface area contributed by atoms with Crippen LogP contribution < -0.4 is 9.47 Å². The summed E-state index contributed by atoms with van der Waals surface area (Å²) in [5.74, 6) is 1.28. The van der Waals surface area contributed by atoms with Crippen molar-refractivity contribution < 1.29 is 19.0 Å². The fraction of sp³-hybridized carbons (Fsp3) is 0.318. The molecule has 0 N–H and O–H groups in total. The summed E-state index contributed by atoms with van der Waals surface area (Å²) in [5, 5.41) is 0. The molecule has 5 nitrogen and oxygen atoms in total. The Bertz CT molecular complexity index is 821. The molecule has 1 aliphatic rings. The minimum absolute atomic E-state index is 0.0105. The third-order valence-corrected chi connectivity index (χ3v) is 4.65. The van der Waals surface area contributed by atoms with Gasteiger partial charge in [0.2, 0.25) is 5.91 Å². The number of carbonyl (C=O) groups excluding carboxylic acids is 1. The summed E-state index contributed by atoms with van der Waals surface area (Å²) in [7, 11) is 3.21. The molecule has 2 aromatic rings. The number of hydrogen-bond donors (Lipinski definition) is 0. The van der Waals surface area contributed by atoms with Gasteiger partial charge in [-0.15, -0.1) is 0 Å². The first kappa shape index (κ1) is 19.0. The molecule has 0 radical (unpaired) electrons. The molecule has 0 aromatic heterocycles. The van der Waals surface area contributed by atoms with Crippen molar-refractivity contribution in [1.29, 1.82) is 0 Å². The lowest BCUT2D eigenvalue weighted by molar-refractivity contribution is -0.129. The highest BCUT2D eigenvalue weighted by Crippen LogP contribution is 2.33. The van der Waals surface area contributed by atoms with Crippen molar-refractivity contribution in [3.63, 3.8) is 0 Å². The maximum absolute atomic E-state index is 12.8. The van der Waals surface area contributed by atoms with Gasteiger partial charge in [0.15, 0.2) is 11.5 Å². The van der Waals surface area contributed by atoms with Gasteiger partial charge in [-0.2, -0.15) is 0 Å². The van der Waals surface area contributed by atoms with Crippen LogP contribution >= 0.6 is 0 Å². The Morgan fingerprint density at radius 3 is 2.22 bits per heavy atom. The first-order chi connectivity index (χ1) is 13.1. The smallest absolute Gasteiger partial charge is 0.247 e. The van der Waals surface area contributed by atoms with Crippen molar-refractivity contribution in [2.45, 2.75) is 6.92 Å². The normalized spacial score (nSPS) is 14.8. The van der Waals surface area contributed by atoms with E-state index in [9.17, 15) is 4.79 Å². The SMILES string of the molecule is COc1ccc(C(=CC(=O)N2CCOCC2)c2ccc(C)cc2)cc1OC. The monoisotopic (exact) mass is 367 g/mol. The average molecular weight is 367 g/mol. The van der Waals surface area contributed by atoms with Gasteiger partial charge in [0, 0.05) is 19.2 Å². The van der Waals surface area contributed by atoms with Crippen molar-refractivity contribution in [2.24, 2.45) is 0 Å². The van der Waals surface area contributed by atoms with E-state index in [1.165, 1.54) is 5.56 Å². The van der Waals surface area contributed by atoms with E-state index in [1.54, 1.807) is 20.3 Å². The Labute approximate surface area is 160 Å². The molecule has 1 fully saturated rings. The average Bonchev–Trinajstić information content (AvgIpc) is 2.72. The van der Waals surface area contributed by atoms with Gasteiger partial charge in [0.05, 0.1) is 27.4 Å². The predicted molar refractivity (Wildman–Crippen MR) is 105 cm³/mol. The lowest BCUT2D eigenvalue weighted by atomic mass is 9.96. The molecule has 0 aliphatic carbocycles. The number of methoxy groups -OCH3 is 2. The Kier molecular flexibility index (Phi) is 6.14. The number of hydrogen-bond acceptors (Lipinski definition) is 4. The molecule has 0 atom stereocenters. The Balaban J connectivity index is 2.03. The summed E-state index contributed by atoms with van der Waals surface area (Å²) in [6, 6.07) is 13.9. The summed E-state index contributed by atoms with van der Waals surface area (Å²) in [6.07, 6.45) is 1.71. The van der Waals surface area contributed by atoms with Gasteiger partial charge >= 0.3 is 0 Å². The molecule has 27 heavy (non-hydrogen) atoms. The number of morpholine rings is 1. The molecule has 3 rings (SSSR count). The van der Waals surface area contributed by atoms with Crippen LogP contribution in [0, 0.1) is 6.92 Å². The van der Waals surface area contributed by atoms with E-state index in [0.29, 0.717) is 37.8 Å². The molecular formula is C22H25NO4. The Hall–Kier alpha value is -2.79. The maximum Gasteiger partial charge on any atom is 0.247 e. The van der Waals surface area contributed by atoms with E-state index in [4.69, 9.17) is 14.2 Å².